The molecule has 1 aliphatic rings. The van der Waals surface area contributed by atoms with Crippen molar-refractivity contribution in [3.05, 3.63) is 69.8 Å². The van der Waals surface area contributed by atoms with E-state index in [9.17, 15) is 9.59 Å². The lowest BCUT2D eigenvalue weighted by Crippen LogP contribution is -2.40. The standard InChI is InChI=1S/C21H23N3O3/c1-15-8-11-23(12-9-16-14-22-18-7-3-2-6-17(16)18)20(25)19(15)21(26)24-10-4-5-13-27-24/h2-3,6-8,11,14,22H,4-5,9-10,12-13H2,1H3. The summed E-state index contributed by atoms with van der Waals surface area (Å²) in [5.74, 6) is -0.335. The van der Waals surface area contributed by atoms with Crippen molar-refractivity contribution < 1.29 is 9.63 Å². The first-order valence-electron chi connectivity index (χ1n) is 9.35. The Balaban J connectivity index is 1.58. The van der Waals surface area contributed by atoms with Gasteiger partial charge in [0.15, 0.2) is 0 Å². The van der Waals surface area contributed by atoms with Crippen LogP contribution in [-0.4, -0.2) is 33.7 Å². The van der Waals surface area contributed by atoms with Crippen LogP contribution in [0.25, 0.3) is 10.9 Å². The van der Waals surface area contributed by atoms with Crippen LogP contribution < -0.4 is 5.56 Å². The van der Waals surface area contributed by atoms with Crippen molar-refractivity contribution in [2.24, 2.45) is 0 Å². The van der Waals surface area contributed by atoms with E-state index in [2.05, 4.69) is 11.1 Å². The summed E-state index contributed by atoms with van der Waals surface area (Å²) in [5, 5.41) is 2.49. The summed E-state index contributed by atoms with van der Waals surface area (Å²) < 4.78 is 1.62. The van der Waals surface area contributed by atoms with Crippen LogP contribution in [0.4, 0.5) is 0 Å². The highest BCUT2D eigenvalue weighted by molar-refractivity contribution is 5.94. The zero-order valence-corrected chi connectivity index (χ0v) is 15.4. The van der Waals surface area contributed by atoms with Crippen LogP contribution in [0.15, 0.2) is 47.5 Å². The number of rotatable bonds is 4. The summed E-state index contributed by atoms with van der Waals surface area (Å²) in [6.45, 7) is 3.36. The first kappa shape index (κ1) is 17.5. The number of amides is 1. The van der Waals surface area contributed by atoms with E-state index in [-0.39, 0.29) is 17.0 Å². The number of benzene rings is 1. The van der Waals surface area contributed by atoms with Gasteiger partial charge in [-0.2, -0.15) is 0 Å². The van der Waals surface area contributed by atoms with Gasteiger partial charge >= 0.3 is 0 Å². The second-order valence-corrected chi connectivity index (χ2v) is 6.93. The number of hydroxylamine groups is 2. The Labute approximate surface area is 157 Å². The molecule has 6 nitrogen and oxygen atoms in total. The molecule has 27 heavy (non-hydrogen) atoms. The van der Waals surface area contributed by atoms with Crippen molar-refractivity contribution in [1.29, 1.82) is 0 Å². The number of carbonyl (C=O) groups is 1. The molecule has 1 amide bonds. The smallest absolute Gasteiger partial charge is 0.283 e. The Morgan fingerprint density at radius 3 is 2.89 bits per heavy atom. The molecule has 1 aliphatic heterocycles. The number of para-hydroxylation sites is 1. The highest BCUT2D eigenvalue weighted by Crippen LogP contribution is 2.18. The van der Waals surface area contributed by atoms with Gasteiger partial charge in [-0.05, 0) is 49.4 Å². The number of pyridine rings is 1. The number of aryl methyl sites for hydroxylation is 3. The molecule has 1 fully saturated rings. The normalized spacial score (nSPS) is 14.6. The summed E-state index contributed by atoms with van der Waals surface area (Å²) in [7, 11) is 0. The molecule has 6 heteroatoms. The van der Waals surface area contributed by atoms with Crippen LogP contribution in [0, 0.1) is 6.92 Å². The topological polar surface area (TPSA) is 67.3 Å². The van der Waals surface area contributed by atoms with E-state index in [0.29, 0.717) is 31.7 Å². The lowest BCUT2D eigenvalue weighted by atomic mass is 10.1. The molecule has 0 radical (unpaired) electrons. The predicted octanol–water partition coefficient (Wildman–Crippen LogP) is 3.05. The monoisotopic (exact) mass is 365 g/mol. The number of aromatic amines is 1. The van der Waals surface area contributed by atoms with Crippen molar-refractivity contribution in [2.45, 2.75) is 32.7 Å². The van der Waals surface area contributed by atoms with E-state index in [4.69, 9.17) is 4.84 Å². The summed E-state index contributed by atoms with van der Waals surface area (Å²) >= 11 is 0. The number of fused-ring (bicyclic) bond motifs is 1. The molecule has 3 heterocycles. The highest BCUT2D eigenvalue weighted by atomic mass is 16.7. The second kappa shape index (κ2) is 7.40. The van der Waals surface area contributed by atoms with Crippen LogP contribution >= 0.6 is 0 Å². The third-order valence-electron chi connectivity index (χ3n) is 5.11. The zero-order valence-electron chi connectivity index (χ0n) is 15.4. The van der Waals surface area contributed by atoms with Crippen LogP contribution in [0.2, 0.25) is 0 Å². The fourth-order valence-corrected chi connectivity index (χ4v) is 3.56. The van der Waals surface area contributed by atoms with Crippen LogP contribution in [0.5, 0.6) is 0 Å². The van der Waals surface area contributed by atoms with Gasteiger partial charge in [0, 0.05) is 36.4 Å². The van der Waals surface area contributed by atoms with Crippen LogP contribution in [0.3, 0.4) is 0 Å². The van der Waals surface area contributed by atoms with Gasteiger partial charge < -0.3 is 9.55 Å². The molecular weight excluding hydrogens is 342 g/mol. The second-order valence-electron chi connectivity index (χ2n) is 6.93. The molecule has 0 bridgehead atoms. The number of nitrogens with zero attached hydrogens (tertiary/aromatic N) is 2. The lowest BCUT2D eigenvalue weighted by Gasteiger charge is -2.26. The Kier molecular flexibility index (Phi) is 4.81. The molecule has 0 atom stereocenters. The Morgan fingerprint density at radius 2 is 2.07 bits per heavy atom. The maximum Gasteiger partial charge on any atom is 0.283 e. The van der Waals surface area contributed by atoms with Crippen LogP contribution in [-0.2, 0) is 17.8 Å². The third kappa shape index (κ3) is 3.40. The van der Waals surface area contributed by atoms with E-state index >= 15 is 0 Å². The Bertz CT molecular complexity index is 1030. The minimum Gasteiger partial charge on any atom is -0.361 e. The SMILES string of the molecule is Cc1ccn(CCc2c[nH]c3ccccc23)c(=O)c1C(=O)N1CCCCO1. The fourth-order valence-electron chi connectivity index (χ4n) is 3.56. The lowest BCUT2D eigenvalue weighted by molar-refractivity contribution is -0.144. The molecule has 0 aliphatic carbocycles. The molecule has 4 rings (SSSR count). The molecular formula is C21H23N3O3. The van der Waals surface area contributed by atoms with Crippen molar-refractivity contribution in [1.82, 2.24) is 14.6 Å². The van der Waals surface area contributed by atoms with Crippen molar-refractivity contribution in [2.75, 3.05) is 13.2 Å². The molecule has 140 valence electrons. The van der Waals surface area contributed by atoms with E-state index in [1.54, 1.807) is 17.7 Å². The predicted molar refractivity (Wildman–Crippen MR) is 104 cm³/mol. The molecule has 3 aromatic rings. The first-order chi connectivity index (χ1) is 13.1. The Morgan fingerprint density at radius 1 is 1.22 bits per heavy atom. The van der Waals surface area contributed by atoms with Gasteiger partial charge in [-0.15, -0.1) is 0 Å². The van der Waals surface area contributed by atoms with Gasteiger partial charge in [0.1, 0.15) is 5.56 Å². The van der Waals surface area contributed by atoms with Gasteiger partial charge in [0.05, 0.1) is 6.61 Å². The summed E-state index contributed by atoms with van der Waals surface area (Å²) in [5.41, 5.74) is 2.88. The molecule has 0 saturated carbocycles. The minimum atomic E-state index is -0.335. The van der Waals surface area contributed by atoms with Gasteiger partial charge in [0.25, 0.3) is 11.5 Å². The highest BCUT2D eigenvalue weighted by Gasteiger charge is 2.24. The summed E-state index contributed by atoms with van der Waals surface area (Å²) in [6, 6.07) is 9.93. The van der Waals surface area contributed by atoms with Crippen LogP contribution in [0.1, 0.15) is 34.3 Å². The number of hydrogen-bond donors (Lipinski definition) is 1. The third-order valence-corrected chi connectivity index (χ3v) is 5.11. The zero-order chi connectivity index (χ0) is 18.8. The average Bonchev–Trinajstić information content (AvgIpc) is 3.11. The van der Waals surface area contributed by atoms with Gasteiger partial charge in [-0.3, -0.25) is 14.4 Å². The number of H-pyrrole nitrogens is 1. The molecule has 1 aromatic carbocycles. The van der Waals surface area contributed by atoms with E-state index in [0.717, 1.165) is 29.3 Å². The molecule has 1 saturated heterocycles. The number of aromatic nitrogens is 2. The van der Waals surface area contributed by atoms with Crippen molar-refractivity contribution >= 4 is 16.8 Å². The molecule has 0 unspecified atom stereocenters. The van der Waals surface area contributed by atoms with E-state index < -0.39 is 0 Å². The molecule has 0 spiro atoms. The van der Waals surface area contributed by atoms with Crippen molar-refractivity contribution in [3.8, 4) is 0 Å². The maximum absolute atomic E-state index is 12.9. The number of nitrogens with one attached hydrogen (secondary N) is 1. The molecule has 2 aromatic heterocycles. The largest absolute Gasteiger partial charge is 0.361 e. The minimum absolute atomic E-state index is 0.207. The van der Waals surface area contributed by atoms with Gasteiger partial charge in [-0.1, -0.05) is 18.2 Å². The number of carbonyl (C=O) groups excluding carboxylic acids is 1. The quantitative estimate of drug-likeness (QED) is 0.773. The number of hydrogen-bond acceptors (Lipinski definition) is 3. The summed E-state index contributed by atoms with van der Waals surface area (Å²) in [6.07, 6.45) is 6.29. The maximum atomic E-state index is 12.9. The van der Waals surface area contributed by atoms with Gasteiger partial charge in [-0.25, -0.2) is 5.06 Å². The van der Waals surface area contributed by atoms with Crippen molar-refractivity contribution in [3.63, 3.8) is 0 Å². The molecule has 1 N–H and O–H groups in total. The average molecular weight is 365 g/mol. The Hall–Kier alpha value is -2.86. The summed E-state index contributed by atoms with van der Waals surface area (Å²) in [4.78, 5) is 34.4. The first-order valence-corrected chi connectivity index (χ1v) is 9.35. The van der Waals surface area contributed by atoms with Gasteiger partial charge in [0.2, 0.25) is 0 Å². The fraction of sp³-hybridized carbons (Fsp3) is 0.333. The van der Waals surface area contributed by atoms with E-state index in [1.807, 2.05) is 30.5 Å². The van der Waals surface area contributed by atoms with E-state index in [1.165, 1.54) is 5.06 Å².